The maximum absolute atomic E-state index is 12.6. The number of benzene rings is 1. The highest BCUT2D eigenvalue weighted by Gasteiger charge is 2.28. The Morgan fingerprint density at radius 1 is 1.29 bits per heavy atom. The zero-order valence-corrected chi connectivity index (χ0v) is 14.0. The second-order valence-corrected chi connectivity index (χ2v) is 8.71. The van der Waals surface area contributed by atoms with E-state index in [2.05, 4.69) is 5.32 Å². The molecule has 0 aliphatic rings. The van der Waals surface area contributed by atoms with Crippen molar-refractivity contribution in [2.24, 2.45) is 0 Å². The molecule has 0 spiro atoms. The first-order valence-electron chi connectivity index (χ1n) is 6.16. The van der Waals surface area contributed by atoms with E-state index in [-0.39, 0.29) is 16.4 Å². The lowest BCUT2D eigenvalue weighted by Gasteiger charge is -2.24. The molecule has 120 valence electrons. The SMILES string of the molecule is CNc1ccc(S(C)(=O)=O)cc1S(=O)(=O)N(C)C(C)CO. The van der Waals surface area contributed by atoms with Gasteiger partial charge in [-0.05, 0) is 25.1 Å². The van der Waals surface area contributed by atoms with Crippen molar-refractivity contribution in [1.29, 1.82) is 0 Å². The van der Waals surface area contributed by atoms with Crippen LogP contribution in [0.4, 0.5) is 5.69 Å². The maximum atomic E-state index is 12.6. The second kappa shape index (κ2) is 6.30. The Morgan fingerprint density at radius 2 is 1.86 bits per heavy atom. The maximum Gasteiger partial charge on any atom is 0.245 e. The Bertz CT molecular complexity index is 713. The van der Waals surface area contributed by atoms with E-state index >= 15 is 0 Å². The molecule has 7 nitrogen and oxygen atoms in total. The van der Waals surface area contributed by atoms with Crippen molar-refractivity contribution >= 4 is 25.5 Å². The molecule has 0 saturated heterocycles. The minimum atomic E-state index is -3.93. The molecule has 0 saturated carbocycles. The first-order chi connectivity index (χ1) is 9.55. The molecule has 0 heterocycles. The number of hydrogen-bond acceptors (Lipinski definition) is 6. The van der Waals surface area contributed by atoms with Gasteiger partial charge in [-0.2, -0.15) is 4.31 Å². The minimum absolute atomic E-state index is 0.0786. The molecule has 1 aromatic carbocycles. The van der Waals surface area contributed by atoms with Crippen molar-refractivity contribution < 1.29 is 21.9 Å². The van der Waals surface area contributed by atoms with Gasteiger partial charge in [0.1, 0.15) is 4.90 Å². The van der Waals surface area contributed by atoms with Gasteiger partial charge in [0.25, 0.3) is 0 Å². The van der Waals surface area contributed by atoms with Gasteiger partial charge in [0.05, 0.1) is 17.2 Å². The molecule has 1 aromatic rings. The fourth-order valence-electron chi connectivity index (χ4n) is 1.66. The summed E-state index contributed by atoms with van der Waals surface area (Å²) in [7, 11) is -4.57. The van der Waals surface area contributed by atoms with E-state index in [9.17, 15) is 16.8 Å². The fourth-order valence-corrected chi connectivity index (χ4v) is 3.96. The summed E-state index contributed by atoms with van der Waals surface area (Å²) in [6.45, 7) is 1.22. The zero-order chi connectivity index (χ0) is 16.4. The van der Waals surface area contributed by atoms with Crippen LogP contribution in [0, 0.1) is 0 Å². The predicted molar refractivity (Wildman–Crippen MR) is 80.6 cm³/mol. The first-order valence-corrected chi connectivity index (χ1v) is 9.49. The monoisotopic (exact) mass is 336 g/mol. The summed E-state index contributed by atoms with van der Waals surface area (Å²) in [4.78, 5) is -0.221. The third-order valence-electron chi connectivity index (χ3n) is 3.19. The van der Waals surface area contributed by atoms with Gasteiger partial charge in [-0.1, -0.05) is 0 Å². The molecular formula is C12H20N2O5S2. The molecule has 0 radical (unpaired) electrons. The van der Waals surface area contributed by atoms with Crippen LogP contribution in [0.2, 0.25) is 0 Å². The largest absolute Gasteiger partial charge is 0.395 e. The molecule has 0 aromatic heterocycles. The summed E-state index contributed by atoms with van der Waals surface area (Å²) in [5.74, 6) is 0. The molecule has 0 bridgehead atoms. The number of sulfonamides is 1. The number of hydrogen-bond donors (Lipinski definition) is 2. The predicted octanol–water partition coefficient (Wildman–Crippen LogP) is 0.133. The van der Waals surface area contributed by atoms with Crippen molar-refractivity contribution in [2.75, 3.05) is 32.3 Å². The lowest BCUT2D eigenvalue weighted by molar-refractivity contribution is 0.214. The molecule has 0 amide bonds. The lowest BCUT2D eigenvalue weighted by atomic mass is 10.3. The molecule has 1 rings (SSSR count). The summed E-state index contributed by atoms with van der Waals surface area (Å²) >= 11 is 0. The smallest absolute Gasteiger partial charge is 0.245 e. The molecule has 21 heavy (non-hydrogen) atoms. The van der Waals surface area contributed by atoms with Gasteiger partial charge in [-0.25, -0.2) is 16.8 Å². The van der Waals surface area contributed by atoms with Gasteiger partial charge in [0, 0.05) is 26.4 Å². The molecule has 0 aliphatic heterocycles. The summed E-state index contributed by atoms with van der Waals surface area (Å²) in [6, 6.07) is 3.25. The number of rotatable bonds is 6. The Morgan fingerprint density at radius 3 is 2.29 bits per heavy atom. The first kappa shape index (κ1) is 17.9. The summed E-state index contributed by atoms with van der Waals surface area (Å²) in [6.07, 6.45) is 1.01. The lowest BCUT2D eigenvalue weighted by Crippen LogP contribution is -2.37. The van der Waals surface area contributed by atoms with Crippen molar-refractivity contribution in [3.63, 3.8) is 0 Å². The van der Waals surface area contributed by atoms with E-state index in [4.69, 9.17) is 5.11 Å². The number of nitrogens with zero attached hydrogens (tertiary/aromatic N) is 1. The summed E-state index contributed by atoms with van der Waals surface area (Å²) in [5, 5.41) is 11.8. The number of aliphatic hydroxyl groups is 1. The van der Waals surface area contributed by atoms with E-state index < -0.39 is 25.9 Å². The molecule has 1 unspecified atom stereocenters. The Kier molecular flexibility index (Phi) is 5.37. The van der Waals surface area contributed by atoms with Gasteiger partial charge in [-0.3, -0.25) is 0 Å². The van der Waals surface area contributed by atoms with Crippen LogP contribution in [0.3, 0.4) is 0 Å². The van der Waals surface area contributed by atoms with Crippen molar-refractivity contribution in [3.8, 4) is 0 Å². The fraction of sp³-hybridized carbons (Fsp3) is 0.500. The number of sulfone groups is 1. The second-order valence-electron chi connectivity index (χ2n) is 4.73. The molecule has 0 aliphatic carbocycles. The van der Waals surface area contributed by atoms with Crippen LogP contribution in [0.1, 0.15) is 6.92 Å². The normalized spacial score (nSPS) is 14.2. The van der Waals surface area contributed by atoms with Crippen LogP contribution in [-0.4, -0.2) is 59.2 Å². The third kappa shape index (κ3) is 3.73. The highest BCUT2D eigenvalue weighted by atomic mass is 32.2. The molecule has 0 fully saturated rings. The van der Waals surface area contributed by atoms with Gasteiger partial charge >= 0.3 is 0 Å². The standard InChI is InChI=1S/C12H20N2O5S2/c1-9(8-15)14(3)21(18,19)12-7-10(20(4,16)17)5-6-11(12)13-2/h5-7,9,13,15H,8H2,1-4H3. The van der Waals surface area contributed by atoms with Crippen LogP contribution in [0.5, 0.6) is 0 Å². The Labute approximate surface area is 125 Å². The van der Waals surface area contributed by atoms with Crippen molar-refractivity contribution in [1.82, 2.24) is 4.31 Å². The average molecular weight is 336 g/mol. The topological polar surface area (TPSA) is 104 Å². The number of likely N-dealkylation sites (N-methyl/N-ethyl adjacent to an activating group) is 1. The average Bonchev–Trinajstić information content (AvgIpc) is 2.43. The summed E-state index contributed by atoms with van der Waals surface area (Å²) < 4.78 is 49.4. The molecular weight excluding hydrogens is 316 g/mol. The number of anilines is 1. The highest BCUT2D eigenvalue weighted by molar-refractivity contribution is 7.91. The van der Waals surface area contributed by atoms with Crippen LogP contribution >= 0.6 is 0 Å². The highest BCUT2D eigenvalue weighted by Crippen LogP contribution is 2.27. The van der Waals surface area contributed by atoms with Crippen LogP contribution < -0.4 is 5.32 Å². The van der Waals surface area contributed by atoms with E-state index in [1.165, 1.54) is 19.2 Å². The van der Waals surface area contributed by atoms with E-state index in [1.54, 1.807) is 14.0 Å². The third-order valence-corrected chi connectivity index (χ3v) is 6.31. The molecule has 1 atom stereocenters. The van der Waals surface area contributed by atoms with Crippen molar-refractivity contribution in [3.05, 3.63) is 18.2 Å². The van der Waals surface area contributed by atoms with E-state index in [0.29, 0.717) is 5.69 Å². The number of nitrogens with one attached hydrogen (secondary N) is 1. The molecule has 9 heteroatoms. The summed E-state index contributed by atoms with van der Waals surface area (Å²) in [5.41, 5.74) is 0.291. The van der Waals surface area contributed by atoms with Gasteiger partial charge in [0.2, 0.25) is 10.0 Å². The quantitative estimate of drug-likeness (QED) is 0.765. The number of aliphatic hydroxyl groups excluding tert-OH is 1. The van der Waals surface area contributed by atoms with Crippen molar-refractivity contribution in [2.45, 2.75) is 22.8 Å². The van der Waals surface area contributed by atoms with Crippen LogP contribution in [0.25, 0.3) is 0 Å². The van der Waals surface area contributed by atoms with Gasteiger partial charge in [-0.15, -0.1) is 0 Å². The Hall–Kier alpha value is -1.16. The molecule has 2 N–H and O–H groups in total. The van der Waals surface area contributed by atoms with Gasteiger partial charge < -0.3 is 10.4 Å². The zero-order valence-electron chi connectivity index (χ0n) is 12.4. The van der Waals surface area contributed by atoms with E-state index in [0.717, 1.165) is 16.6 Å². The van der Waals surface area contributed by atoms with Crippen LogP contribution in [0.15, 0.2) is 28.0 Å². The van der Waals surface area contributed by atoms with Crippen LogP contribution in [-0.2, 0) is 19.9 Å². The van der Waals surface area contributed by atoms with E-state index in [1.807, 2.05) is 0 Å². The van der Waals surface area contributed by atoms with Gasteiger partial charge in [0.15, 0.2) is 9.84 Å². The Balaban J connectivity index is 3.53. The minimum Gasteiger partial charge on any atom is -0.395 e.